The quantitative estimate of drug-likeness (QED) is 0.364. The molecule has 0 heterocycles. The molecule has 28 heavy (non-hydrogen) atoms. The highest BCUT2D eigenvalue weighted by atomic mass is 31.1. The van der Waals surface area contributed by atoms with Gasteiger partial charge in [0.05, 0.1) is 0 Å². The van der Waals surface area contributed by atoms with Gasteiger partial charge >= 0.3 is 0 Å². The fraction of sp³-hybridized carbons (Fsp3) is 0.385. The van der Waals surface area contributed by atoms with Crippen LogP contribution in [0.5, 0.6) is 0 Å². The molecule has 0 aliphatic carbocycles. The standard InChI is InChI=1S/C26H32P2/c1-25(2,3)27(19-17-23-13-9-7-10-14-23)21-22-28(26(4,5)6)20-18-24-15-11-8-12-16-24/h7-16H,21-22H2,1-6H3. The van der Waals surface area contributed by atoms with Crippen molar-refractivity contribution in [3.8, 4) is 23.2 Å². The summed E-state index contributed by atoms with van der Waals surface area (Å²) in [5.74, 6) is 6.84. The second-order valence-corrected chi connectivity index (χ2v) is 14.6. The van der Waals surface area contributed by atoms with E-state index >= 15 is 0 Å². The van der Waals surface area contributed by atoms with E-state index in [0.717, 1.165) is 23.5 Å². The van der Waals surface area contributed by atoms with Crippen molar-refractivity contribution in [2.24, 2.45) is 0 Å². The highest BCUT2D eigenvalue weighted by Gasteiger charge is 2.27. The highest BCUT2D eigenvalue weighted by molar-refractivity contribution is 7.68. The molecule has 2 unspecified atom stereocenters. The average Bonchev–Trinajstić information content (AvgIpc) is 2.63. The molecule has 0 radical (unpaired) electrons. The number of rotatable bonds is 3. The first-order chi connectivity index (χ1) is 13.2. The molecule has 0 amide bonds. The summed E-state index contributed by atoms with van der Waals surface area (Å²) in [7, 11) is -0.765. The topological polar surface area (TPSA) is 0 Å². The number of hydrogen-bond donors (Lipinski definition) is 0. The van der Waals surface area contributed by atoms with Gasteiger partial charge in [0.1, 0.15) is 0 Å². The predicted octanol–water partition coefficient (Wildman–Crippen LogP) is 7.57. The van der Waals surface area contributed by atoms with Crippen LogP contribution in [-0.2, 0) is 0 Å². The Kier molecular flexibility index (Phi) is 8.33. The van der Waals surface area contributed by atoms with Gasteiger partial charge in [-0.15, -0.1) is 0 Å². The summed E-state index contributed by atoms with van der Waals surface area (Å²) in [5.41, 5.74) is 9.49. The third-order valence-electron chi connectivity index (χ3n) is 4.38. The van der Waals surface area contributed by atoms with E-state index in [1.54, 1.807) is 0 Å². The molecule has 2 heteroatoms. The fourth-order valence-corrected chi connectivity index (χ4v) is 6.99. The highest BCUT2D eigenvalue weighted by Crippen LogP contribution is 2.54. The molecular weight excluding hydrogens is 374 g/mol. The first-order valence-electron chi connectivity index (χ1n) is 9.85. The number of benzene rings is 2. The third-order valence-corrected chi connectivity index (χ3v) is 10.1. The van der Waals surface area contributed by atoms with Crippen LogP contribution in [-0.4, -0.2) is 22.6 Å². The van der Waals surface area contributed by atoms with Crippen LogP contribution < -0.4 is 0 Å². The van der Waals surface area contributed by atoms with Crippen LogP contribution in [0.3, 0.4) is 0 Å². The molecule has 0 spiro atoms. The second kappa shape index (κ2) is 10.3. The molecule has 0 N–H and O–H groups in total. The molecule has 0 aliphatic heterocycles. The number of hydrogen-bond acceptors (Lipinski definition) is 0. The fourth-order valence-electron chi connectivity index (χ4n) is 2.63. The van der Waals surface area contributed by atoms with E-state index in [0.29, 0.717) is 0 Å². The summed E-state index contributed by atoms with van der Waals surface area (Å²) in [6.07, 6.45) is 2.32. The monoisotopic (exact) mass is 406 g/mol. The molecule has 0 aromatic heterocycles. The summed E-state index contributed by atoms with van der Waals surface area (Å²) in [4.78, 5) is 0. The zero-order chi connectivity index (χ0) is 20.6. The Balaban J connectivity index is 2.16. The molecule has 2 rings (SSSR count). The molecule has 0 aliphatic rings. The van der Waals surface area contributed by atoms with Gasteiger partial charge in [0.15, 0.2) is 0 Å². The van der Waals surface area contributed by atoms with E-state index in [-0.39, 0.29) is 26.2 Å². The molecule has 0 bridgehead atoms. The Morgan fingerprint density at radius 3 is 1.18 bits per heavy atom. The summed E-state index contributed by atoms with van der Waals surface area (Å²) in [6, 6.07) is 20.7. The maximum Gasteiger partial charge on any atom is 0.0248 e. The van der Waals surface area contributed by atoms with E-state index in [1.165, 1.54) is 0 Å². The Hall–Kier alpha value is -1.58. The predicted molar refractivity (Wildman–Crippen MR) is 130 cm³/mol. The third kappa shape index (κ3) is 7.81. The Morgan fingerprint density at radius 1 is 0.571 bits per heavy atom. The Labute approximate surface area is 175 Å². The summed E-state index contributed by atoms with van der Waals surface area (Å²) < 4.78 is 0. The van der Waals surface area contributed by atoms with E-state index < -0.39 is 0 Å². The van der Waals surface area contributed by atoms with Gasteiger partial charge in [-0.2, -0.15) is 0 Å². The van der Waals surface area contributed by atoms with E-state index in [1.807, 2.05) is 12.1 Å². The van der Waals surface area contributed by atoms with Gasteiger partial charge in [0.2, 0.25) is 0 Å². The van der Waals surface area contributed by atoms with Crippen molar-refractivity contribution in [1.82, 2.24) is 0 Å². The Bertz CT molecular complexity index is 772. The van der Waals surface area contributed by atoms with E-state index in [4.69, 9.17) is 0 Å². The van der Waals surface area contributed by atoms with Crippen LogP contribution >= 0.6 is 15.8 Å². The van der Waals surface area contributed by atoms with Crippen LogP contribution in [0.2, 0.25) is 0 Å². The zero-order valence-electron chi connectivity index (χ0n) is 18.1. The minimum absolute atomic E-state index is 0.225. The lowest BCUT2D eigenvalue weighted by Gasteiger charge is -2.31. The molecule has 2 aromatic rings. The van der Waals surface area contributed by atoms with Crippen molar-refractivity contribution >= 4 is 15.8 Å². The molecular formula is C26H32P2. The van der Waals surface area contributed by atoms with Crippen molar-refractivity contribution in [1.29, 1.82) is 0 Å². The van der Waals surface area contributed by atoms with Crippen molar-refractivity contribution in [3.63, 3.8) is 0 Å². The summed E-state index contributed by atoms with van der Waals surface area (Å²) >= 11 is 0. The molecule has 2 aromatic carbocycles. The van der Waals surface area contributed by atoms with Crippen molar-refractivity contribution in [3.05, 3.63) is 71.8 Å². The van der Waals surface area contributed by atoms with Gasteiger partial charge < -0.3 is 0 Å². The summed E-state index contributed by atoms with van der Waals surface area (Å²) in [5, 5.41) is 0.450. The summed E-state index contributed by atoms with van der Waals surface area (Å²) in [6.45, 7) is 14.0. The second-order valence-electron chi connectivity index (χ2n) is 8.85. The van der Waals surface area contributed by atoms with Crippen LogP contribution in [0.1, 0.15) is 52.7 Å². The van der Waals surface area contributed by atoms with Gasteiger partial charge in [0, 0.05) is 11.1 Å². The lowest BCUT2D eigenvalue weighted by Crippen LogP contribution is -2.17. The van der Waals surface area contributed by atoms with Crippen LogP contribution in [0, 0.1) is 23.2 Å². The van der Waals surface area contributed by atoms with Gasteiger partial charge in [-0.1, -0.05) is 101 Å². The van der Waals surface area contributed by atoms with Crippen LogP contribution in [0.15, 0.2) is 60.7 Å². The van der Waals surface area contributed by atoms with Gasteiger partial charge in [-0.05, 0) is 62.7 Å². The molecule has 0 saturated heterocycles. The van der Waals surface area contributed by atoms with Crippen LogP contribution in [0.4, 0.5) is 0 Å². The first-order valence-corrected chi connectivity index (χ1v) is 12.9. The van der Waals surface area contributed by atoms with Crippen molar-refractivity contribution < 1.29 is 0 Å². The zero-order valence-corrected chi connectivity index (χ0v) is 19.9. The molecule has 146 valence electrons. The lowest BCUT2D eigenvalue weighted by atomic mass is 10.2. The maximum atomic E-state index is 3.63. The van der Waals surface area contributed by atoms with Crippen molar-refractivity contribution in [2.75, 3.05) is 12.3 Å². The smallest absolute Gasteiger partial charge is 0.0248 e. The SMILES string of the molecule is CC(C)(C)P(C#Cc1ccccc1)CCP(C#Cc1ccccc1)C(C)(C)C. The van der Waals surface area contributed by atoms with Crippen molar-refractivity contribution in [2.45, 2.75) is 51.9 Å². The molecule has 2 atom stereocenters. The van der Waals surface area contributed by atoms with E-state index in [9.17, 15) is 0 Å². The normalized spacial score (nSPS) is 13.5. The molecule has 0 nitrogen and oxygen atoms in total. The molecule has 0 saturated carbocycles. The average molecular weight is 406 g/mol. The minimum Gasteiger partial charge on any atom is -0.0707 e. The molecule has 0 fully saturated rings. The van der Waals surface area contributed by atoms with Crippen LogP contribution in [0.25, 0.3) is 0 Å². The lowest BCUT2D eigenvalue weighted by molar-refractivity contribution is 0.781. The van der Waals surface area contributed by atoms with Gasteiger partial charge in [-0.25, -0.2) is 0 Å². The minimum atomic E-state index is -0.383. The maximum absolute atomic E-state index is 3.63. The first kappa shape index (κ1) is 22.7. The van der Waals surface area contributed by atoms with Gasteiger partial charge in [-0.3, -0.25) is 0 Å². The largest absolute Gasteiger partial charge is 0.0707 e. The Morgan fingerprint density at radius 2 is 0.893 bits per heavy atom. The van der Waals surface area contributed by atoms with Gasteiger partial charge in [0.25, 0.3) is 0 Å². The van der Waals surface area contributed by atoms with E-state index in [2.05, 4.69) is 113 Å².